The number of imidazole rings is 1. The average molecular weight is 521 g/mol. The molecule has 9 nitrogen and oxygen atoms in total. The highest BCUT2D eigenvalue weighted by Crippen LogP contribution is 2.33. The van der Waals surface area contributed by atoms with E-state index in [0.29, 0.717) is 28.5 Å². The van der Waals surface area contributed by atoms with Crippen LogP contribution in [0.3, 0.4) is 0 Å². The summed E-state index contributed by atoms with van der Waals surface area (Å²) in [5, 5.41) is 15.6. The molecule has 1 fully saturated rings. The summed E-state index contributed by atoms with van der Waals surface area (Å²) >= 11 is 1.65. The molecule has 6 aromatic rings. The van der Waals surface area contributed by atoms with Crippen LogP contribution in [0.2, 0.25) is 0 Å². The Morgan fingerprint density at radius 2 is 1.87 bits per heavy atom. The van der Waals surface area contributed by atoms with Gasteiger partial charge in [-0.15, -0.1) is 0 Å². The van der Waals surface area contributed by atoms with Gasteiger partial charge >= 0.3 is 0 Å². The van der Waals surface area contributed by atoms with Crippen molar-refractivity contribution in [3.8, 4) is 33.8 Å². The first-order valence-corrected chi connectivity index (χ1v) is 13.7. The zero-order valence-electron chi connectivity index (χ0n) is 20.4. The molecule has 10 heteroatoms. The monoisotopic (exact) mass is 520 g/mol. The van der Waals surface area contributed by atoms with Crippen LogP contribution in [-0.2, 0) is 4.79 Å². The molecule has 0 unspecified atom stereocenters. The molecule has 6 aromatic heterocycles. The molecular formula is C28H24N8OS. The van der Waals surface area contributed by atoms with Crippen molar-refractivity contribution in [3.05, 3.63) is 59.8 Å². The number of pyridine rings is 3. The minimum absolute atomic E-state index is 0.0784. The van der Waals surface area contributed by atoms with Crippen molar-refractivity contribution in [2.45, 2.75) is 32.1 Å². The van der Waals surface area contributed by atoms with Gasteiger partial charge in [-0.05, 0) is 53.4 Å². The Labute approximate surface area is 221 Å². The number of rotatable bonds is 5. The van der Waals surface area contributed by atoms with E-state index >= 15 is 0 Å². The normalized spacial score (nSPS) is 14.3. The highest BCUT2D eigenvalue weighted by Gasteiger charge is 2.21. The van der Waals surface area contributed by atoms with E-state index in [2.05, 4.69) is 52.3 Å². The number of hydrogen-bond donors (Lipinski definition) is 3. The number of carbonyl (C=O) groups excluding carboxylic acids is 1. The Kier molecular flexibility index (Phi) is 5.66. The molecule has 188 valence electrons. The van der Waals surface area contributed by atoms with Gasteiger partial charge < -0.3 is 10.3 Å². The van der Waals surface area contributed by atoms with Crippen LogP contribution in [0.1, 0.15) is 32.1 Å². The van der Waals surface area contributed by atoms with E-state index in [0.717, 1.165) is 58.8 Å². The highest BCUT2D eigenvalue weighted by atomic mass is 32.1. The number of carbonyl (C=O) groups is 1. The molecule has 1 aliphatic rings. The van der Waals surface area contributed by atoms with E-state index in [9.17, 15) is 4.79 Å². The lowest BCUT2D eigenvalue weighted by molar-refractivity contribution is -0.120. The number of aromatic amines is 2. The number of aromatic nitrogens is 7. The van der Waals surface area contributed by atoms with Crippen LogP contribution in [0.25, 0.3) is 56.0 Å². The molecule has 38 heavy (non-hydrogen) atoms. The first-order valence-electron chi connectivity index (χ1n) is 12.7. The van der Waals surface area contributed by atoms with Crippen molar-refractivity contribution in [2.75, 3.05) is 5.32 Å². The smallest absolute Gasteiger partial charge is 0.227 e. The Morgan fingerprint density at radius 1 is 0.974 bits per heavy atom. The number of H-pyrrole nitrogens is 2. The lowest BCUT2D eigenvalue weighted by atomic mass is 9.88. The van der Waals surface area contributed by atoms with Crippen LogP contribution >= 0.6 is 11.3 Å². The third-order valence-corrected chi connectivity index (χ3v) is 7.86. The van der Waals surface area contributed by atoms with Gasteiger partial charge in [0.05, 0.1) is 17.3 Å². The van der Waals surface area contributed by atoms with E-state index in [1.165, 1.54) is 6.42 Å². The Morgan fingerprint density at radius 3 is 2.74 bits per heavy atom. The minimum Gasteiger partial charge on any atom is -0.324 e. The van der Waals surface area contributed by atoms with Crippen LogP contribution in [-0.4, -0.2) is 41.0 Å². The quantitative estimate of drug-likeness (QED) is 0.248. The molecule has 7 rings (SSSR count). The van der Waals surface area contributed by atoms with Gasteiger partial charge in [-0.1, -0.05) is 19.3 Å². The van der Waals surface area contributed by atoms with Crippen LogP contribution in [0.15, 0.2) is 59.8 Å². The second kappa shape index (κ2) is 9.46. The maximum atomic E-state index is 12.8. The second-order valence-corrected chi connectivity index (χ2v) is 10.4. The first kappa shape index (κ1) is 22.7. The fraction of sp³-hybridized carbons (Fsp3) is 0.214. The third kappa shape index (κ3) is 4.12. The lowest BCUT2D eigenvalue weighted by Crippen LogP contribution is -2.24. The van der Waals surface area contributed by atoms with Crippen LogP contribution in [0, 0.1) is 5.92 Å². The van der Waals surface area contributed by atoms with Crippen molar-refractivity contribution < 1.29 is 4.79 Å². The summed E-state index contributed by atoms with van der Waals surface area (Å²) in [7, 11) is 0. The summed E-state index contributed by atoms with van der Waals surface area (Å²) in [6.07, 6.45) is 12.4. The maximum Gasteiger partial charge on any atom is 0.227 e. The molecule has 1 saturated carbocycles. The van der Waals surface area contributed by atoms with E-state index in [4.69, 9.17) is 4.98 Å². The zero-order valence-corrected chi connectivity index (χ0v) is 21.3. The van der Waals surface area contributed by atoms with Crippen molar-refractivity contribution in [1.29, 1.82) is 0 Å². The van der Waals surface area contributed by atoms with Crippen molar-refractivity contribution >= 4 is 45.1 Å². The largest absolute Gasteiger partial charge is 0.324 e. The molecule has 0 bridgehead atoms. The predicted octanol–water partition coefficient (Wildman–Crippen LogP) is 6.21. The highest BCUT2D eigenvalue weighted by molar-refractivity contribution is 7.08. The van der Waals surface area contributed by atoms with Gasteiger partial charge in [-0.2, -0.15) is 16.4 Å². The van der Waals surface area contributed by atoms with Crippen molar-refractivity contribution in [3.63, 3.8) is 0 Å². The number of anilines is 1. The lowest BCUT2D eigenvalue weighted by Gasteiger charge is -2.20. The van der Waals surface area contributed by atoms with Gasteiger partial charge in [-0.3, -0.25) is 14.9 Å². The van der Waals surface area contributed by atoms with E-state index in [1.54, 1.807) is 36.1 Å². The number of fused-ring (bicyclic) bond motifs is 2. The standard InChI is InChI=1S/C28H24N8OS/c37-28(16-4-2-1-3-5-16)32-20-10-18(12-29-14-20)19-11-22-24(35-36-25(22)31-13-19)27-33-23-21(17-7-9-38-15-17)6-8-30-26(23)34-27/h6-16H,1-5H2,(H,32,37)(H,30,33,34)(H,31,35,36). The van der Waals surface area contributed by atoms with Gasteiger partial charge in [0.25, 0.3) is 0 Å². The zero-order chi connectivity index (χ0) is 25.5. The van der Waals surface area contributed by atoms with E-state index < -0.39 is 0 Å². The Bertz CT molecular complexity index is 1760. The fourth-order valence-corrected chi connectivity index (χ4v) is 5.85. The Balaban J connectivity index is 1.23. The molecule has 0 aromatic carbocycles. The number of hydrogen-bond acceptors (Lipinski definition) is 7. The molecule has 0 aliphatic heterocycles. The summed E-state index contributed by atoms with van der Waals surface area (Å²) in [6, 6.07) is 8.01. The number of amides is 1. The number of thiophene rings is 1. The van der Waals surface area contributed by atoms with Gasteiger partial charge in [0.15, 0.2) is 17.1 Å². The molecule has 6 heterocycles. The molecule has 0 radical (unpaired) electrons. The predicted molar refractivity (Wildman–Crippen MR) is 149 cm³/mol. The van der Waals surface area contributed by atoms with Crippen molar-refractivity contribution in [1.82, 2.24) is 35.1 Å². The SMILES string of the molecule is O=C(Nc1cncc(-c2cnc3[nH]nc(-c4nc5c(-c6ccsc6)ccnc5[nH]4)c3c2)c1)C1CCCCC1. The average Bonchev–Trinajstić information content (AvgIpc) is 3.73. The topological polar surface area (TPSA) is 125 Å². The van der Waals surface area contributed by atoms with Gasteiger partial charge in [0.2, 0.25) is 5.91 Å². The maximum absolute atomic E-state index is 12.8. The molecule has 1 amide bonds. The van der Waals surface area contributed by atoms with E-state index in [1.807, 2.05) is 18.2 Å². The molecule has 3 N–H and O–H groups in total. The molecule has 0 saturated heterocycles. The fourth-order valence-electron chi connectivity index (χ4n) is 5.19. The molecule has 0 spiro atoms. The summed E-state index contributed by atoms with van der Waals surface area (Å²) < 4.78 is 0. The van der Waals surface area contributed by atoms with Crippen LogP contribution < -0.4 is 5.32 Å². The van der Waals surface area contributed by atoms with Gasteiger partial charge in [0.1, 0.15) is 11.2 Å². The summed E-state index contributed by atoms with van der Waals surface area (Å²) in [5.41, 5.74) is 7.38. The molecular weight excluding hydrogens is 496 g/mol. The molecule has 1 aliphatic carbocycles. The summed E-state index contributed by atoms with van der Waals surface area (Å²) in [6.45, 7) is 0. The van der Waals surface area contributed by atoms with Gasteiger partial charge in [0, 0.05) is 41.2 Å². The summed E-state index contributed by atoms with van der Waals surface area (Å²) in [4.78, 5) is 34.4. The second-order valence-electron chi connectivity index (χ2n) is 9.63. The third-order valence-electron chi connectivity index (χ3n) is 7.17. The molecule has 0 atom stereocenters. The van der Waals surface area contributed by atoms with Crippen molar-refractivity contribution in [2.24, 2.45) is 5.92 Å². The number of nitrogens with one attached hydrogen (secondary N) is 3. The minimum atomic E-state index is 0.0784. The Hall–Kier alpha value is -4.44. The van der Waals surface area contributed by atoms with Gasteiger partial charge in [-0.25, -0.2) is 15.0 Å². The van der Waals surface area contributed by atoms with Crippen LogP contribution in [0.5, 0.6) is 0 Å². The van der Waals surface area contributed by atoms with Crippen LogP contribution in [0.4, 0.5) is 5.69 Å². The first-order chi connectivity index (χ1) is 18.7. The summed E-state index contributed by atoms with van der Waals surface area (Å²) in [5.74, 6) is 0.777. The van der Waals surface area contributed by atoms with E-state index in [-0.39, 0.29) is 11.8 Å². The number of nitrogens with zero attached hydrogens (tertiary/aromatic N) is 5.